The summed E-state index contributed by atoms with van der Waals surface area (Å²) in [7, 11) is 2.08. The van der Waals surface area contributed by atoms with Crippen LogP contribution in [0.3, 0.4) is 0 Å². The second-order valence-electron chi connectivity index (χ2n) is 6.32. The molecule has 2 heterocycles. The molecule has 1 spiro atoms. The summed E-state index contributed by atoms with van der Waals surface area (Å²) < 4.78 is 6.15. The van der Waals surface area contributed by atoms with Crippen molar-refractivity contribution in [2.24, 2.45) is 5.92 Å². The van der Waals surface area contributed by atoms with Crippen LogP contribution in [-0.2, 0) is 11.2 Å². The highest BCUT2D eigenvalue weighted by Crippen LogP contribution is 2.41. The molecule has 0 bridgehead atoms. The van der Waals surface area contributed by atoms with Crippen LogP contribution in [0.2, 0.25) is 5.02 Å². The number of ether oxygens (including phenoxy) is 1. The zero-order valence-electron chi connectivity index (χ0n) is 12.6. The average Bonchev–Trinajstić information content (AvgIpc) is 2.92. The van der Waals surface area contributed by atoms with Gasteiger partial charge in [-0.25, -0.2) is 0 Å². The molecule has 0 amide bonds. The first kappa shape index (κ1) is 15.7. The van der Waals surface area contributed by atoms with Crippen LogP contribution in [0.4, 0.5) is 0 Å². The highest BCUT2D eigenvalue weighted by molar-refractivity contribution is 7.99. The van der Waals surface area contributed by atoms with E-state index in [4.69, 9.17) is 16.3 Å². The molecule has 4 heteroatoms. The summed E-state index contributed by atoms with van der Waals surface area (Å²) in [5, 5.41) is 4.37. The van der Waals surface area contributed by atoms with Crippen molar-refractivity contribution in [1.82, 2.24) is 5.32 Å². The van der Waals surface area contributed by atoms with Gasteiger partial charge in [0.1, 0.15) is 0 Å². The number of hydrogen-bond acceptors (Lipinski definition) is 3. The van der Waals surface area contributed by atoms with E-state index in [-0.39, 0.29) is 5.60 Å². The second-order valence-corrected chi connectivity index (χ2v) is 7.86. The zero-order valence-corrected chi connectivity index (χ0v) is 14.2. The Morgan fingerprint density at radius 3 is 3.14 bits per heavy atom. The number of nitrogens with one attached hydrogen (secondary N) is 1. The van der Waals surface area contributed by atoms with Gasteiger partial charge in [0.25, 0.3) is 0 Å². The smallest absolute Gasteiger partial charge is 0.0783 e. The summed E-state index contributed by atoms with van der Waals surface area (Å²) >= 11 is 8.16. The number of benzene rings is 1. The molecule has 21 heavy (non-hydrogen) atoms. The number of hydrogen-bond donors (Lipinski definition) is 1. The van der Waals surface area contributed by atoms with Crippen molar-refractivity contribution in [3.05, 3.63) is 34.9 Å². The largest absolute Gasteiger partial charge is 0.374 e. The summed E-state index contributed by atoms with van der Waals surface area (Å²) in [4.78, 5) is 0. The molecule has 2 aliphatic rings. The van der Waals surface area contributed by atoms with E-state index in [2.05, 4.69) is 24.5 Å². The minimum Gasteiger partial charge on any atom is -0.374 e. The molecule has 1 aromatic rings. The molecule has 0 radical (unpaired) electrons. The Balaban J connectivity index is 1.67. The first-order valence-electron chi connectivity index (χ1n) is 7.84. The molecule has 2 fully saturated rings. The van der Waals surface area contributed by atoms with Crippen molar-refractivity contribution in [1.29, 1.82) is 0 Å². The van der Waals surface area contributed by atoms with Crippen LogP contribution in [0, 0.1) is 5.92 Å². The van der Waals surface area contributed by atoms with Crippen LogP contribution >= 0.6 is 23.4 Å². The lowest BCUT2D eigenvalue weighted by molar-refractivity contribution is -0.0847. The third-order valence-corrected chi connectivity index (χ3v) is 6.34. The molecule has 3 rings (SSSR count). The van der Waals surface area contributed by atoms with Crippen molar-refractivity contribution in [3.8, 4) is 0 Å². The van der Waals surface area contributed by atoms with Gasteiger partial charge in [-0.2, -0.15) is 11.8 Å². The molecule has 0 aromatic heterocycles. The van der Waals surface area contributed by atoms with Crippen LogP contribution < -0.4 is 5.32 Å². The third-order valence-electron chi connectivity index (χ3n) is 4.88. The molecule has 3 unspecified atom stereocenters. The third kappa shape index (κ3) is 3.76. The first-order valence-corrected chi connectivity index (χ1v) is 9.37. The Kier molecular flexibility index (Phi) is 5.15. The van der Waals surface area contributed by atoms with Gasteiger partial charge in [0.15, 0.2) is 0 Å². The molecular formula is C17H24ClNOS. The fourth-order valence-corrected chi connectivity index (χ4v) is 5.29. The van der Waals surface area contributed by atoms with E-state index in [1.165, 1.54) is 36.3 Å². The maximum Gasteiger partial charge on any atom is 0.0783 e. The number of rotatable bonds is 4. The van der Waals surface area contributed by atoms with Gasteiger partial charge in [0.2, 0.25) is 0 Å². The van der Waals surface area contributed by atoms with Crippen molar-refractivity contribution in [3.63, 3.8) is 0 Å². The van der Waals surface area contributed by atoms with Gasteiger partial charge in [0, 0.05) is 23.4 Å². The van der Waals surface area contributed by atoms with Crippen LogP contribution in [0.1, 0.15) is 24.8 Å². The maximum absolute atomic E-state index is 6.15. The van der Waals surface area contributed by atoms with Crippen molar-refractivity contribution in [2.75, 3.05) is 25.2 Å². The van der Waals surface area contributed by atoms with Crippen LogP contribution in [0.25, 0.3) is 0 Å². The van der Waals surface area contributed by atoms with Gasteiger partial charge in [-0.1, -0.05) is 23.7 Å². The molecule has 1 aromatic carbocycles. The maximum atomic E-state index is 6.15. The molecule has 3 atom stereocenters. The number of thioether (sulfide) groups is 1. The Morgan fingerprint density at radius 1 is 1.52 bits per heavy atom. The lowest BCUT2D eigenvalue weighted by Crippen LogP contribution is -2.47. The standard InChI is InChI=1S/C17H24ClNOS/c1-19-16(10-13-3-2-4-15(18)9-13)14-5-7-20-17(11-14)6-8-21-12-17/h2-4,9,14,16,19H,5-8,10-12H2,1H3. The minimum absolute atomic E-state index is 0.164. The van der Waals surface area contributed by atoms with Crippen LogP contribution in [0.5, 0.6) is 0 Å². The normalized spacial score (nSPS) is 30.7. The Labute approximate surface area is 137 Å². The van der Waals surface area contributed by atoms with E-state index in [1.807, 2.05) is 23.9 Å². The first-order chi connectivity index (χ1) is 10.2. The quantitative estimate of drug-likeness (QED) is 0.910. The van der Waals surface area contributed by atoms with Gasteiger partial charge < -0.3 is 10.1 Å². The van der Waals surface area contributed by atoms with Gasteiger partial charge in [0.05, 0.1) is 5.60 Å². The fourth-order valence-electron chi connectivity index (χ4n) is 3.69. The van der Waals surface area contributed by atoms with Gasteiger partial charge in [-0.3, -0.25) is 0 Å². The van der Waals surface area contributed by atoms with E-state index >= 15 is 0 Å². The minimum atomic E-state index is 0.164. The number of likely N-dealkylation sites (N-methyl/N-ethyl adjacent to an activating group) is 1. The lowest BCUT2D eigenvalue weighted by atomic mass is 9.79. The van der Waals surface area contributed by atoms with Crippen molar-refractivity contribution < 1.29 is 4.74 Å². The van der Waals surface area contributed by atoms with E-state index in [0.29, 0.717) is 12.0 Å². The molecule has 2 aliphatic heterocycles. The Hall–Kier alpha value is -0.220. The molecule has 116 valence electrons. The van der Waals surface area contributed by atoms with Crippen LogP contribution in [0.15, 0.2) is 24.3 Å². The molecule has 1 N–H and O–H groups in total. The monoisotopic (exact) mass is 325 g/mol. The van der Waals surface area contributed by atoms with Crippen molar-refractivity contribution >= 4 is 23.4 Å². The summed E-state index contributed by atoms with van der Waals surface area (Å²) in [6.07, 6.45) is 4.64. The van der Waals surface area contributed by atoms with Gasteiger partial charge in [-0.15, -0.1) is 0 Å². The highest BCUT2D eigenvalue weighted by Gasteiger charge is 2.42. The summed E-state index contributed by atoms with van der Waals surface area (Å²) in [5.74, 6) is 3.13. The average molecular weight is 326 g/mol. The summed E-state index contributed by atoms with van der Waals surface area (Å²) in [6, 6.07) is 8.76. The Bertz CT molecular complexity index is 476. The van der Waals surface area contributed by atoms with E-state index in [1.54, 1.807) is 0 Å². The predicted octanol–water partition coefficient (Wildman–Crippen LogP) is 3.77. The van der Waals surface area contributed by atoms with Gasteiger partial charge in [-0.05, 0) is 62.1 Å². The summed E-state index contributed by atoms with van der Waals surface area (Å²) in [5.41, 5.74) is 1.49. The molecule has 0 saturated carbocycles. The van der Waals surface area contributed by atoms with Crippen LogP contribution in [-0.4, -0.2) is 36.8 Å². The lowest BCUT2D eigenvalue weighted by Gasteiger charge is -2.41. The van der Waals surface area contributed by atoms with E-state index < -0.39 is 0 Å². The predicted molar refractivity (Wildman–Crippen MR) is 91.4 cm³/mol. The zero-order chi connectivity index (χ0) is 14.7. The SMILES string of the molecule is CNC(Cc1cccc(Cl)c1)C1CCOC2(CCSC2)C1. The van der Waals surface area contributed by atoms with Crippen molar-refractivity contribution in [2.45, 2.75) is 37.3 Å². The highest BCUT2D eigenvalue weighted by atomic mass is 35.5. The Morgan fingerprint density at radius 2 is 2.43 bits per heavy atom. The van der Waals surface area contributed by atoms with Gasteiger partial charge >= 0.3 is 0 Å². The molecule has 2 nitrogen and oxygen atoms in total. The number of halogens is 1. The van der Waals surface area contributed by atoms with E-state index in [9.17, 15) is 0 Å². The topological polar surface area (TPSA) is 21.3 Å². The fraction of sp³-hybridized carbons (Fsp3) is 0.647. The summed E-state index contributed by atoms with van der Waals surface area (Å²) in [6.45, 7) is 0.916. The molecule has 2 saturated heterocycles. The van der Waals surface area contributed by atoms with E-state index in [0.717, 1.165) is 18.1 Å². The molecule has 0 aliphatic carbocycles. The second kappa shape index (κ2) is 6.91. The molecular weight excluding hydrogens is 302 g/mol.